The topological polar surface area (TPSA) is 58.6 Å². The molecular formula is C15H20N2O3. The summed E-state index contributed by atoms with van der Waals surface area (Å²) >= 11 is 0. The normalized spacial score (nSPS) is 17.9. The van der Waals surface area contributed by atoms with Crippen LogP contribution in [-0.2, 0) is 9.53 Å². The Morgan fingerprint density at radius 1 is 1.40 bits per heavy atom. The molecule has 5 heteroatoms. The zero-order valence-electron chi connectivity index (χ0n) is 11.7. The number of hydrogen-bond acceptors (Lipinski definition) is 3. The lowest BCUT2D eigenvalue weighted by molar-refractivity contribution is -0.121. The summed E-state index contributed by atoms with van der Waals surface area (Å²) in [6, 6.07) is 9.68. The summed E-state index contributed by atoms with van der Waals surface area (Å²) in [6.45, 7) is 3.45. The van der Waals surface area contributed by atoms with Crippen molar-refractivity contribution >= 4 is 12.0 Å². The van der Waals surface area contributed by atoms with Crippen LogP contribution in [0, 0.1) is 0 Å². The average molecular weight is 276 g/mol. The number of carbonyl (C=O) groups is 2. The molecule has 0 aliphatic carbocycles. The van der Waals surface area contributed by atoms with Gasteiger partial charge in [0, 0.05) is 19.5 Å². The number of nitrogens with zero attached hydrogens (tertiary/aromatic N) is 1. The van der Waals surface area contributed by atoms with Crippen LogP contribution in [0.25, 0.3) is 0 Å². The van der Waals surface area contributed by atoms with Gasteiger partial charge in [-0.2, -0.15) is 0 Å². The average Bonchev–Trinajstić information content (AvgIpc) is 2.82. The van der Waals surface area contributed by atoms with Crippen LogP contribution >= 0.6 is 0 Å². The van der Waals surface area contributed by atoms with Gasteiger partial charge in [0.2, 0.25) is 5.91 Å². The van der Waals surface area contributed by atoms with E-state index in [2.05, 4.69) is 5.32 Å². The molecule has 5 nitrogen and oxygen atoms in total. The van der Waals surface area contributed by atoms with E-state index in [4.69, 9.17) is 4.74 Å². The fourth-order valence-electron chi connectivity index (χ4n) is 2.18. The lowest BCUT2D eigenvalue weighted by Crippen LogP contribution is -2.35. The summed E-state index contributed by atoms with van der Waals surface area (Å²) in [5, 5.41) is 2.80. The van der Waals surface area contributed by atoms with E-state index in [1.54, 1.807) is 4.90 Å². The van der Waals surface area contributed by atoms with Crippen molar-refractivity contribution in [1.29, 1.82) is 0 Å². The van der Waals surface area contributed by atoms with Crippen LogP contribution in [0.15, 0.2) is 30.3 Å². The van der Waals surface area contributed by atoms with Gasteiger partial charge in [0.1, 0.15) is 6.10 Å². The minimum Gasteiger partial charge on any atom is -0.439 e. The highest BCUT2D eigenvalue weighted by Gasteiger charge is 2.31. The standard InChI is InChI=1S/C15H20N2O3/c1-2-6-14(18)16-9-10-17-11-13(20-15(17)19)12-7-4-3-5-8-12/h3-5,7-8,13H,2,6,9-11H2,1H3,(H,16,18). The first-order chi connectivity index (χ1) is 9.70. The Morgan fingerprint density at radius 3 is 2.85 bits per heavy atom. The number of nitrogens with one attached hydrogen (secondary N) is 1. The Morgan fingerprint density at radius 2 is 2.15 bits per heavy atom. The first-order valence-electron chi connectivity index (χ1n) is 6.98. The molecule has 0 saturated carbocycles. The number of cyclic esters (lactones) is 1. The number of ether oxygens (including phenoxy) is 1. The van der Waals surface area contributed by atoms with E-state index in [1.165, 1.54) is 0 Å². The Labute approximate surface area is 118 Å². The maximum absolute atomic E-state index is 11.8. The predicted octanol–water partition coefficient (Wildman–Crippen LogP) is 2.10. The predicted molar refractivity (Wildman–Crippen MR) is 75.2 cm³/mol. The van der Waals surface area contributed by atoms with Crippen molar-refractivity contribution < 1.29 is 14.3 Å². The van der Waals surface area contributed by atoms with Crippen molar-refractivity contribution in [2.75, 3.05) is 19.6 Å². The summed E-state index contributed by atoms with van der Waals surface area (Å²) < 4.78 is 5.34. The van der Waals surface area contributed by atoms with E-state index >= 15 is 0 Å². The van der Waals surface area contributed by atoms with Crippen LogP contribution < -0.4 is 5.32 Å². The summed E-state index contributed by atoms with van der Waals surface area (Å²) in [5.41, 5.74) is 0.998. The van der Waals surface area contributed by atoms with Crippen molar-refractivity contribution in [2.24, 2.45) is 0 Å². The van der Waals surface area contributed by atoms with Gasteiger partial charge < -0.3 is 15.0 Å². The van der Waals surface area contributed by atoms with Crippen LogP contribution in [0.2, 0.25) is 0 Å². The molecule has 1 aliphatic rings. The van der Waals surface area contributed by atoms with Gasteiger partial charge in [-0.1, -0.05) is 37.3 Å². The largest absolute Gasteiger partial charge is 0.439 e. The molecule has 108 valence electrons. The maximum atomic E-state index is 11.8. The number of rotatable bonds is 6. The molecule has 1 aromatic rings. The lowest BCUT2D eigenvalue weighted by atomic mass is 10.1. The van der Waals surface area contributed by atoms with Crippen LogP contribution in [0.3, 0.4) is 0 Å². The molecule has 0 bridgehead atoms. The van der Waals surface area contributed by atoms with Crippen LogP contribution in [0.1, 0.15) is 31.4 Å². The third kappa shape index (κ3) is 3.73. The number of carbonyl (C=O) groups excluding carboxylic acids is 2. The number of benzene rings is 1. The van der Waals surface area contributed by atoms with Gasteiger partial charge in [0.05, 0.1) is 6.54 Å². The second-order valence-electron chi connectivity index (χ2n) is 4.83. The molecule has 1 atom stereocenters. The van der Waals surface area contributed by atoms with Gasteiger partial charge in [0.25, 0.3) is 0 Å². The second-order valence-corrected chi connectivity index (χ2v) is 4.83. The molecule has 1 aliphatic heterocycles. The summed E-state index contributed by atoms with van der Waals surface area (Å²) in [5.74, 6) is 0.0275. The van der Waals surface area contributed by atoms with Gasteiger partial charge in [0.15, 0.2) is 0 Å². The lowest BCUT2D eigenvalue weighted by Gasteiger charge is -2.13. The summed E-state index contributed by atoms with van der Waals surface area (Å²) in [4.78, 5) is 24.7. The SMILES string of the molecule is CCCC(=O)NCCN1CC(c2ccccc2)OC1=O. The minimum absolute atomic E-state index is 0.0275. The van der Waals surface area contributed by atoms with Crippen molar-refractivity contribution in [3.05, 3.63) is 35.9 Å². The van der Waals surface area contributed by atoms with Crippen molar-refractivity contribution in [1.82, 2.24) is 10.2 Å². The van der Waals surface area contributed by atoms with E-state index in [9.17, 15) is 9.59 Å². The van der Waals surface area contributed by atoms with Crippen molar-refractivity contribution in [3.8, 4) is 0 Å². The molecule has 1 heterocycles. The Hall–Kier alpha value is -2.04. The molecule has 1 saturated heterocycles. The van der Waals surface area contributed by atoms with Gasteiger partial charge in [-0.15, -0.1) is 0 Å². The smallest absolute Gasteiger partial charge is 0.410 e. The van der Waals surface area contributed by atoms with E-state index in [1.807, 2.05) is 37.3 Å². The fraction of sp³-hybridized carbons (Fsp3) is 0.467. The Bertz CT molecular complexity index is 461. The quantitative estimate of drug-likeness (QED) is 0.865. The third-order valence-corrected chi connectivity index (χ3v) is 3.24. The molecule has 1 fully saturated rings. The molecule has 1 N–H and O–H groups in total. The van der Waals surface area contributed by atoms with E-state index < -0.39 is 0 Å². The van der Waals surface area contributed by atoms with Crippen LogP contribution in [0.4, 0.5) is 4.79 Å². The zero-order chi connectivity index (χ0) is 14.4. The minimum atomic E-state index is -0.316. The van der Waals surface area contributed by atoms with E-state index in [0.29, 0.717) is 26.1 Å². The molecule has 0 aromatic heterocycles. The van der Waals surface area contributed by atoms with Gasteiger partial charge in [-0.3, -0.25) is 4.79 Å². The number of hydrogen-bond donors (Lipinski definition) is 1. The molecule has 2 amide bonds. The first kappa shape index (κ1) is 14.4. The molecule has 0 spiro atoms. The highest BCUT2D eigenvalue weighted by atomic mass is 16.6. The van der Waals surface area contributed by atoms with Crippen molar-refractivity contribution in [2.45, 2.75) is 25.9 Å². The highest BCUT2D eigenvalue weighted by Crippen LogP contribution is 2.25. The monoisotopic (exact) mass is 276 g/mol. The molecule has 2 rings (SSSR count). The Kier molecular flexibility index (Phi) is 4.98. The van der Waals surface area contributed by atoms with Crippen LogP contribution in [0.5, 0.6) is 0 Å². The van der Waals surface area contributed by atoms with Gasteiger partial charge in [-0.25, -0.2) is 4.79 Å². The fourth-order valence-corrected chi connectivity index (χ4v) is 2.18. The zero-order valence-corrected chi connectivity index (χ0v) is 11.7. The molecule has 1 aromatic carbocycles. The van der Waals surface area contributed by atoms with Gasteiger partial charge >= 0.3 is 6.09 Å². The highest BCUT2D eigenvalue weighted by molar-refractivity contribution is 5.76. The number of amides is 2. The molecular weight excluding hydrogens is 256 g/mol. The second kappa shape index (κ2) is 6.93. The van der Waals surface area contributed by atoms with E-state index in [0.717, 1.165) is 12.0 Å². The maximum Gasteiger partial charge on any atom is 0.410 e. The summed E-state index contributed by atoms with van der Waals surface area (Å²) in [6.07, 6.45) is 0.823. The van der Waals surface area contributed by atoms with Crippen LogP contribution in [-0.4, -0.2) is 36.5 Å². The Balaban J connectivity index is 1.80. The van der Waals surface area contributed by atoms with Gasteiger partial charge in [-0.05, 0) is 12.0 Å². The molecule has 20 heavy (non-hydrogen) atoms. The summed E-state index contributed by atoms with van der Waals surface area (Å²) in [7, 11) is 0. The van der Waals surface area contributed by atoms with Crippen molar-refractivity contribution in [3.63, 3.8) is 0 Å². The molecule has 0 radical (unpaired) electrons. The van der Waals surface area contributed by atoms with E-state index in [-0.39, 0.29) is 18.1 Å². The molecule has 1 unspecified atom stereocenters. The first-order valence-corrected chi connectivity index (χ1v) is 6.98. The third-order valence-electron chi connectivity index (χ3n) is 3.24.